The molecular formula is C14H19ClN2O. The second-order valence-electron chi connectivity index (χ2n) is 5.41. The van der Waals surface area contributed by atoms with Crippen molar-refractivity contribution in [2.24, 2.45) is 0 Å². The highest BCUT2D eigenvalue weighted by Crippen LogP contribution is 2.34. The lowest BCUT2D eigenvalue weighted by atomic mass is 9.82. The topological polar surface area (TPSA) is 35.5 Å². The first kappa shape index (κ1) is 12.4. The highest BCUT2D eigenvalue weighted by Gasteiger charge is 2.39. The SMILES string of the molecule is OC1(c2ccc(Cl)cc2)CCC2CNCCN2C1. The Hall–Kier alpha value is -0.610. The monoisotopic (exact) mass is 266 g/mol. The number of nitrogens with one attached hydrogen (secondary N) is 1. The average Bonchev–Trinajstić information content (AvgIpc) is 2.39. The van der Waals surface area contributed by atoms with Gasteiger partial charge in [0.2, 0.25) is 0 Å². The summed E-state index contributed by atoms with van der Waals surface area (Å²) in [6.45, 7) is 3.84. The summed E-state index contributed by atoms with van der Waals surface area (Å²) in [4.78, 5) is 2.41. The van der Waals surface area contributed by atoms with Gasteiger partial charge in [-0.05, 0) is 30.5 Å². The highest BCUT2D eigenvalue weighted by atomic mass is 35.5. The van der Waals surface area contributed by atoms with E-state index in [9.17, 15) is 5.11 Å². The number of aliphatic hydroxyl groups is 1. The smallest absolute Gasteiger partial charge is 0.102 e. The van der Waals surface area contributed by atoms with Gasteiger partial charge in [-0.15, -0.1) is 0 Å². The van der Waals surface area contributed by atoms with Gasteiger partial charge in [-0.25, -0.2) is 0 Å². The second-order valence-corrected chi connectivity index (χ2v) is 5.84. The Bertz CT molecular complexity index is 422. The van der Waals surface area contributed by atoms with E-state index in [0.29, 0.717) is 6.04 Å². The van der Waals surface area contributed by atoms with Gasteiger partial charge in [-0.3, -0.25) is 4.90 Å². The largest absolute Gasteiger partial charge is 0.384 e. The number of halogens is 1. The zero-order valence-electron chi connectivity index (χ0n) is 10.4. The van der Waals surface area contributed by atoms with E-state index in [1.54, 1.807) is 0 Å². The standard InChI is InChI=1S/C14H19ClN2O/c15-12-3-1-11(2-4-12)14(18)6-5-13-9-16-7-8-17(13)10-14/h1-4,13,16,18H,5-10H2. The number of fused-ring (bicyclic) bond motifs is 1. The number of hydrogen-bond acceptors (Lipinski definition) is 3. The molecule has 0 spiro atoms. The molecular weight excluding hydrogens is 248 g/mol. The van der Waals surface area contributed by atoms with Crippen LogP contribution >= 0.6 is 11.6 Å². The Morgan fingerprint density at radius 2 is 2.11 bits per heavy atom. The molecule has 98 valence electrons. The van der Waals surface area contributed by atoms with Crippen molar-refractivity contribution in [2.45, 2.75) is 24.5 Å². The molecule has 1 aromatic rings. The molecule has 2 atom stereocenters. The van der Waals surface area contributed by atoms with Gasteiger partial charge in [-0.2, -0.15) is 0 Å². The molecule has 2 heterocycles. The van der Waals surface area contributed by atoms with Crippen LogP contribution in [0.5, 0.6) is 0 Å². The lowest BCUT2D eigenvalue weighted by Gasteiger charge is -2.46. The van der Waals surface area contributed by atoms with Crippen molar-refractivity contribution in [3.8, 4) is 0 Å². The minimum absolute atomic E-state index is 0.589. The van der Waals surface area contributed by atoms with Gasteiger partial charge in [0.15, 0.2) is 0 Å². The van der Waals surface area contributed by atoms with Crippen LogP contribution in [0.1, 0.15) is 18.4 Å². The predicted octanol–water partition coefficient (Wildman–Crippen LogP) is 1.60. The number of hydrogen-bond donors (Lipinski definition) is 2. The first-order chi connectivity index (χ1) is 8.67. The molecule has 3 nitrogen and oxygen atoms in total. The number of piperazine rings is 1. The van der Waals surface area contributed by atoms with Crippen LogP contribution in [0.25, 0.3) is 0 Å². The van der Waals surface area contributed by atoms with Gasteiger partial charge in [0.05, 0.1) is 0 Å². The van der Waals surface area contributed by atoms with Gasteiger partial charge in [0, 0.05) is 37.2 Å². The summed E-state index contributed by atoms with van der Waals surface area (Å²) in [6, 6.07) is 8.21. The molecule has 3 rings (SSSR count). The third-order valence-electron chi connectivity index (χ3n) is 4.21. The summed E-state index contributed by atoms with van der Waals surface area (Å²) >= 11 is 5.91. The number of benzene rings is 1. The maximum absolute atomic E-state index is 10.9. The van der Waals surface area contributed by atoms with Crippen molar-refractivity contribution in [3.05, 3.63) is 34.9 Å². The molecule has 2 saturated heterocycles. The molecule has 0 saturated carbocycles. The molecule has 0 radical (unpaired) electrons. The van der Waals surface area contributed by atoms with Crippen LogP contribution in [-0.2, 0) is 5.60 Å². The van der Waals surface area contributed by atoms with Crippen LogP contribution < -0.4 is 5.32 Å². The Labute approximate surface area is 113 Å². The van der Waals surface area contributed by atoms with Crippen LogP contribution in [0.15, 0.2) is 24.3 Å². The summed E-state index contributed by atoms with van der Waals surface area (Å²) in [7, 11) is 0. The summed E-state index contributed by atoms with van der Waals surface area (Å²) < 4.78 is 0. The molecule has 0 amide bonds. The lowest BCUT2D eigenvalue weighted by Crippen LogP contribution is -2.58. The molecule has 2 unspecified atom stereocenters. The molecule has 0 bridgehead atoms. The zero-order valence-corrected chi connectivity index (χ0v) is 11.2. The Kier molecular flexibility index (Phi) is 3.32. The molecule has 4 heteroatoms. The normalized spacial score (nSPS) is 33.1. The van der Waals surface area contributed by atoms with Crippen molar-refractivity contribution < 1.29 is 5.11 Å². The number of piperidine rings is 1. The third kappa shape index (κ3) is 2.28. The van der Waals surface area contributed by atoms with Gasteiger partial charge in [-0.1, -0.05) is 23.7 Å². The van der Waals surface area contributed by atoms with Crippen LogP contribution in [0.2, 0.25) is 5.02 Å². The van der Waals surface area contributed by atoms with Crippen molar-refractivity contribution >= 4 is 11.6 Å². The molecule has 2 fully saturated rings. The number of rotatable bonds is 1. The number of nitrogens with zero attached hydrogens (tertiary/aromatic N) is 1. The quantitative estimate of drug-likeness (QED) is 0.811. The Balaban J connectivity index is 1.80. The minimum atomic E-state index is -0.710. The van der Waals surface area contributed by atoms with Crippen molar-refractivity contribution in [1.82, 2.24) is 10.2 Å². The highest BCUT2D eigenvalue weighted by molar-refractivity contribution is 6.30. The Morgan fingerprint density at radius 1 is 1.33 bits per heavy atom. The van der Waals surface area contributed by atoms with Gasteiger partial charge < -0.3 is 10.4 Å². The molecule has 2 N–H and O–H groups in total. The van der Waals surface area contributed by atoms with Crippen molar-refractivity contribution in [2.75, 3.05) is 26.2 Å². The summed E-state index contributed by atoms with van der Waals surface area (Å²) in [6.07, 6.45) is 1.88. The van der Waals surface area contributed by atoms with Gasteiger partial charge in [0.1, 0.15) is 5.60 Å². The fraction of sp³-hybridized carbons (Fsp3) is 0.571. The van der Waals surface area contributed by atoms with Crippen LogP contribution in [0, 0.1) is 0 Å². The van der Waals surface area contributed by atoms with E-state index in [0.717, 1.165) is 49.6 Å². The van der Waals surface area contributed by atoms with E-state index < -0.39 is 5.60 Å². The van der Waals surface area contributed by atoms with Crippen LogP contribution in [0.3, 0.4) is 0 Å². The summed E-state index contributed by atoms with van der Waals surface area (Å²) in [5.74, 6) is 0. The van der Waals surface area contributed by atoms with Gasteiger partial charge in [0.25, 0.3) is 0 Å². The van der Waals surface area contributed by atoms with Crippen molar-refractivity contribution in [3.63, 3.8) is 0 Å². The summed E-state index contributed by atoms with van der Waals surface area (Å²) in [5.41, 5.74) is 0.280. The van der Waals surface area contributed by atoms with E-state index in [2.05, 4.69) is 10.2 Å². The van der Waals surface area contributed by atoms with Crippen LogP contribution in [0.4, 0.5) is 0 Å². The van der Waals surface area contributed by atoms with E-state index >= 15 is 0 Å². The minimum Gasteiger partial charge on any atom is -0.384 e. The molecule has 0 aliphatic carbocycles. The second kappa shape index (κ2) is 4.82. The van der Waals surface area contributed by atoms with E-state index in [1.165, 1.54) is 0 Å². The summed E-state index contributed by atoms with van der Waals surface area (Å²) in [5, 5.41) is 15.0. The maximum atomic E-state index is 10.9. The van der Waals surface area contributed by atoms with E-state index in [1.807, 2.05) is 24.3 Å². The average molecular weight is 267 g/mol. The van der Waals surface area contributed by atoms with Gasteiger partial charge >= 0.3 is 0 Å². The van der Waals surface area contributed by atoms with Crippen LogP contribution in [-0.4, -0.2) is 42.2 Å². The first-order valence-electron chi connectivity index (χ1n) is 6.61. The molecule has 2 aliphatic rings. The maximum Gasteiger partial charge on any atom is 0.102 e. The van der Waals surface area contributed by atoms with E-state index in [4.69, 9.17) is 11.6 Å². The lowest BCUT2D eigenvalue weighted by molar-refractivity contribution is -0.0624. The predicted molar refractivity (Wildman–Crippen MR) is 72.8 cm³/mol. The fourth-order valence-electron chi connectivity index (χ4n) is 3.11. The fourth-order valence-corrected chi connectivity index (χ4v) is 3.24. The molecule has 0 aromatic heterocycles. The Morgan fingerprint density at radius 3 is 2.89 bits per heavy atom. The molecule has 1 aromatic carbocycles. The molecule has 2 aliphatic heterocycles. The molecule has 18 heavy (non-hydrogen) atoms. The van der Waals surface area contributed by atoms with E-state index in [-0.39, 0.29) is 0 Å². The van der Waals surface area contributed by atoms with Crippen molar-refractivity contribution in [1.29, 1.82) is 0 Å². The first-order valence-corrected chi connectivity index (χ1v) is 6.98. The zero-order chi connectivity index (χ0) is 12.6. The third-order valence-corrected chi connectivity index (χ3v) is 4.46.